The molecule has 4 heteroatoms. The van der Waals surface area contributed by atoms with Gasteiger partial charge in [-0.3, -0.25) is 14.7 Å². The number of hydrogen-bond acceptors (Lipinski definition) is 3. The summed E-state index contributed by atoms with van der Waals surface area (Å²) < 4.78 is 0. The highest BCUT2D eigenvalue weighted by molar-refractivity contribution is 5.78. The van der Waals surface area contributed by atoms with Crippen LogP contribution in [0, 0.1) is 12.8 Å². The minimum Gasteiger partial charge on any atom is -0.351 e. The highest BCUT2D eigenvalue weighted by atomic mass is 16.1. The molecule has 2 aromatic rings. The van der Waals surface area contributed by atoms with Gasteiger partial charge in [0.25, 0.3) is 0 Å². The average Bonchev–Trinajstić information content (AvgIpc) is 2.90. The Balaban J connectivity index is 1.51. The molecule has 126 valence electrons. The number of aryl methyl sites for hydroxylation is 1. The number of nitrogens with one attached hydrogen (secondary N) is 1. The highest BCUT2D eigenvalue weighted by Gasteiger charge is 2.30. The molecule has 0 aliphatic carbocycles. The van der Waals surface area contributed by atoms with Gasteiger partial charge in [0, 0.05) is 37.6 Å². The van der Waals surface area contributed by atoms with Crippen LogP contribution in [0.2, 0.25) is 0 Å². The smallest absolute Gasteiger partial charge is 0.224 e. The number of carbonyl (C=O) groups excluding carboxylic acids is 1. The number of nitrogens with zero attached hydrogens (tertiary/aromatic N) is 2. The van der Waals surface area contributed by atoms with E-state index in [4.69, 9.17) is 0 Å². The minimum absolute atomic E-state index is 0.0825. The first-order chi connectivity index (χ1) is 11.6. The van der Waals surface area contributed by atoms with Gasteiger partial charge in [-0.05, 0) is 30.0 Å². The zero-order valence-corrected chi connectivity index (χ0v) is 14.4. The summed E-state index contributed by atoms with van der Waals surface area (Å²) in [4.78, 5) is 19.0. The minimum atomic E-state index is 0.0825. The Hall–Kier alpha value is -2.20. The van der Waals surface area contributed by atoms with E-state index in [1.165, 1.54) is 5.56 Å². The van der Waals surface area contributed by atoms with Gasteiger partial charge in [0.1, 0.15) is 0 Å². The largest absolute Gasteiger partial charge is 0.351 e. The van der Waals surface area contributed by atoms with Gasteiger partial charge in [-0.25, -0.2) is 0 Å². The zero-order valence-electron chi connectivity index (χ0n) is 14.4. The van der Waals surface area contributed by atoms with Crippen molar-refractivity contribution in [3.05, 3.63) is 65.5 Å². The van der Waals surface area contributed by atoms with Gasteiger partial charge in [-0.15, -0.1) is 0 Å². The van der Waals surface area contributed by atoms with Crippen LogP contribution in [0.15, 0.2) is 48.7 Å². The van der Waals surface area contributed by atoms with E-state index in [1.807, 2.05) is 25.1 Å². The summed E-state index contributed by atoms with van der Waals surface area (Å²) >= 11 is 0. The molecule has 1 aliphatic heterocycles. The van der Waals surface area contributed by atoms with Gasteiger partial charge >= 0.3 is 0 Å². The van der Waals surface area contributed by atoms with Crippen molar-refractivity contribution in [3.8, 4) is 0 Å². The summed E-state index contributed by atoms with van der Waals surface area (Å²) in [6.45, 7) is 7.04. The van der Waals surface area contributed by atoms with E-state index in [-0.39, 0.29) is 11.9 Å². The number of aromatic nitrogens is 1. The van der Waals surface area contributed by atoms with Crippen LogP contribution in [-0.4, -0.2) is 34.9 Å². The molecule has 1 aromatic carbocycles. The van der Waals surface area contributed by atoms with Crippen molar-refractivity contribution >= 4 is 5.91 Å². The van der Waals surface area contributed by atoms with Gasteiger partial charge in [0.15, 0.2) is 0 Å². The number of hydrogen-bond donors (Lipinski definition) is 1. The average molecular weight is 323 g/mol. The summed E-state index contributed by atoms with van der Waals surface area (Å²) in [6.07, 6.45) is 2.18. The van der Waals surface area contributed by atoms with Crippen LogP contribution in [0.1, 0.15) is 23.7 Å². The zero-order chi connectivity index (χ0) is 16.9. The lowest BCUT2D eigenvalue weighted by Gasteiger charge is -2.17. The standard InChI is InChI=1S/C20H25N3O/c1-15-12-23(13-17-6-4-3-5-7-17)14-19(15)22-20(24)10-18-9-8-16(2)21-11-18/h3-9,11,15,19H,10,12-14H2,1-2H3,(H,22,24)/t15-,19-/m0/s1. The Kier molecular flexibility index (Phi) is 5.26. The van der Waals surface area contributed by atoms with Gasteiger partial charge < -0.3 is 5.32 Å². The molecule has 1 fully saturated rings. The number of carbonyl (C=O) groups is 1. The Labute approximate surface area is 143 Å². The van der Waals surface area contributed by atoms with Gasteiger partial charge in [0.05, 0.1) is 6.42 Å². The van der Waals surface area contributed by atoms with Crippen molar-refractivity contribution in [1.82, 2.24) is 15.2 Å². The molecule has 1 N–H and O–H groups in total. The number of rotatable bonds is 5. The summed E-state index contributed by atoms with van der Waals surface area (Å²) in [7, 11) is 0. The topological polar surface area (TPSA) is 45.2 Å². The van der Waals surface area contributed by atoms with E-state index in [9.17, 15) is 4.79 Å². The second-order valence-electron chi connectivity index (χ2n) is 6.82. The molecular weight excluding hydrogens is 298 g/mol. The summed E-state index contributed by atoms with van der Waals surface area (Å²) in [5.41, 5.74) is 3.26. The maximum atomic E-state index is 12.3. The second kappa shape index (κ2) is 7.58. The molecule has 2 heterocycles. The van der Waals surface area contributed by atoms with Crippen LogP contribution in [0.4, 0.5) is 0 Å². The molecule has 2 atom stereocenters. The van der Waals surface area contributed by atoms with Crippen LogP contribution < -0.4 is 5.32 Å². The van der Waals surface area contributed by atoms with Crippen LogP contribution in [-0.2, 0) is 17.8 Å². The lowest BCUT2D eigenvalue weighted by molar-refractivity contribution is -0.121. The molecule has 1 amide bonds. The molecule has 0 unspecified atom stereocenters. The van der Waals surface area contributed by atoms with Crippen molar-refractivity contribution in [2.45, 2.75) is 32.9 Å². The SMILES string of the molecule is Cc1ccc(CC(=O)N[C@H]2CN(Cc3ccccc3)C[C@@H]2C)cn1. The van der Waals surface area contributed by atoms with E-state index in [0.717, 1.165) is 30.9 Å². The molecule has 3 rings (SSSR count). The molecule has 0 bridgehead atoms. The van der Waals surface area contributed by atoms with Crippen LogP contribution >= 0.6 is 0 Å². The Morgan fingerprint density at radius 2 is 1.96 bits per heavy atom. The van der Waals surface area contributed by atoms with Crippen molar-refractivity contribution in [3.63, 3.8) is 0 Å². The van der Waals surface area contributed by atoms with Crippen LogP contribution in [0.25, 0.3) is 0 Å². The number of likely N-dealkylation sites (tertiary alicyclic amines) is 1. The molecular formula is C20H25N3O. The summed E-state index contributed by atoms with van der Waals surface area (Å²) in [6, 6.07) is 14.6. The Bertz CT molecular complexity index is 669. The van der Waals surface area contributed by atoms with Crippen molar-refractivity contribution < 1.29 is 4.79 Å². The fraction of sp³-hybridized carbons (Fsp3) is 0.400. The maximum Gasteiger partial charge on any atom is 0.224 e. The third kappa shape index (κ3) is 4.42. The Morgan fingerprint density at radius 3 is 2.67 bits per heavy atom. The summed E-state index contributed by atoms with van der Waals surface area (Å²) in [5, 5.41) is 3.20. The van der Waals surface area contributed by atoms with E-state index < -0.39 is 0 Å². The first kappa shape index (κ1) is 16.7. The third-order valence-corrected chi connectivity index (χ3v) is 4.62. The molecule has 1 saturated heterocycles. The number of amides is 1. The monoisotopic (exact) mass is 323 g/mol. The van der Waals surface area contributed by atoms with Gasteiger partial charge in [0.2, 0.25) is 5.91 Å². The fourth-order valence-electron chi connectivity index (χ4n) is 3.27. The first-order valence-corrected chi connectivity index (χ1v) is 8.57. The van der Waals surface area contributed by atoms with E-state index in [2.05, 4.69) is 46.4 Å². The molecule has 1 aromatic heterocycles. The first-order valence-electron chi connectivity index (χ1n) is 8.57. The predicted octanol–water partition coefficient (Wildman–Crippen LogP) is 2.57. The molecule has 0 radical (unpaired) electrons. The molecule has 24 heavy (non-hydrogen) atoms. The van der Waals surface area contributed by atoms with Crippen LogP contribution in [0.5, 0.6) is 0 Å². The molecule has 1 aliphatic rings. The number of pyridine rings is 1. The molecule has 0 spiro atoms. The quantitative estimate of drug-likeness (QED) is 0.920. The van der Waals surface area contributed by atoms with Crippen molar-refractivity contribution in [2.24, 2.45) is 5.92 Å². The predicted molar refractivity (Wildman–Crippen MR) is 95.5 cm³/mol. The maximum absolute atomic E-state index is 12.3. The summed E-state index contributed by atoms with van der Waals surface area (Å²) in [5.74, 6) is 0.549. The van der Waals surface area contributed by atoms with E-state index in [0.29, 0.717) is 12.3 Å². The van der Waals surface area contributed by atoms with Gasteiger partial charge in [-0.1, -0.05) is 43.3 Å². The second-order valence-corrected chi connectivity index (χ2v) is 6.82. The molecule has 4 nitrogen and oxygen atoms in total. The third-order valence-electron chi connectivity index (χ3n) is 4.62. The fourth-order valence-corrected chi connectivity index (χ4v) is 3.27. The number of benzene rings is 1. The van der Waals surface area contributed by atoms with E-state index in [1.54, 1.807) is 6.20 Å². The highest BCUT2D eigenvalue weighted by Crippen LogP contribution is 2.19. The Morgan fingerprint density at radius 1 is 1.17 bits per heavy atom. The normalized spacial score (nSPS) is 20.9. The van der Waals surface area contributed by atoms with Gasteiger partial charge in [-0.2, -0.15) is 0 Å². The van der Waals surface area contributed by atoms with Crippen LogP contribution in [0.3, 0.4) is 0 Å². The van der Waals surface area contributed by atoms with Crippen molar-refractivity contribution in [2.75, 3.05) is 13.1 Å². The van der Waals surface area contributed by atoms with Crippen molar-refractivity contribution in [1.29, 1.82) is 0 Å². The molecule has 0 saturated carbocycles. The van der Waals surface area contributed by atoms with E-state index >= 15 is 0 Å². The lowest BCUT2D eigenvalue weighted by atomic mass is 10.1. The lowest BCUT2D eigenvalue weighted by Crippen LogP contribution is -2.40.